The number of hydrogen-bond acceptors (Lipinski definition) is 14. The van der Waals surface area contributed by atoms with Crippen molar-refractivity contribution >= 4 is 50.1 Å². The number of carbonyl (C=O) groups excluding carboxylic acids is 2. The monoisotopic (exact) mass is 584 g/mol. The third-order valence-corrected chi connectivity index (χ3v) is 6.48. The van der Waals surface area contributed by atoms with Crippen LogP contribution in [-0.4, -0.2) is 83.1 Å². The van der Waals surface area contributed by atoms with Crippen molar-refractivity contribution in [1.82, 2.24) is 15.0 Å². The molecule has 0 spiro atoms. The molecule has 2 aromatic heterocycles. The maximum absolute atomic E-state index is 13.1. The van der Waals surface area contributed by atoms with Crippen molar-refractivity contribution in [3.63, 3.8) is 0 Å². The van der Waals surface area contributed by atoms with Gasteiger partial charge in [0, 0.05) is 18.3 Å². The molecular weight excluding hydrogens is 556 g/mol. The number of amidine groups is 1. The Morgan fingerprint density at radius 2 is 2.03 bits per heavy atom. The minimum Gasteiger partial charge on any atom is -0.488 e. The Bertz CT molecular complexity index is 1360. The van der Waals surface area contributed by atoms with E-state index in [2.05, 4.69) is 24.4 Å². The van der Waals surface area contributed by atoms with E-state index in [-0.39, 0.29) is 42.0 Å². The lowest BCUT2D eigenvalue weighted by Gasteiger charge is -2.50. The van der Waals surface area contributed by atoms with Crippen molar-refractivity contribution in [1.29, 1.82) is 0 Å². The largest absolute Gasteiger partial charge is 0.488 e. The summed E-state index contributed by atoms with van der Waals surface area (Å²) in [6, 6.07) is 3.29. The molecule has 1 fully saturated rings. The maximum atomic E-state index is 13.1. The van der Waals surface area contributed by atoms with Crippen molar-refractivity contribution in [2.75, 3.05) is 32.0 Å². The van der Waals surface area contributed by atoms with E-state index in [1.54, 1.807) is 12.1 Å². The van der Waals surface area contributed by atoms with E-state index in [9.17, 15) is 18.0 Å². The number of aliphatic imine (C=N–C) groups is 1. The van der Waals surface area contributed by atoms with E-state index < -0.39 is 33.5 Å². The normalized spacial score (nSPS) is 17.6. The van der Waals surface area contributed by atoms with Crippen LogP contribution < -0.4 is 21.9 Å². The van der Waals surface area contributed by atoms with E-state index in [0.29, 0.717) is 29.6 Å². The van der Waals surface area contributed by atoms with E-state index in [0.717, 1.165) is 11.3 Å². The molecule has 1 atom stereocenters. The Labute approximate surface area is 227 Å². The number of pyridine rings is 1. The van der Waals surface area contributed by atoms with Crippen LogP contribution in [0.4, 0.5) is 5.13 Å². The molecule has 0 unspecified atom stereocenters. The topological polar surface area (TPSA) is 248 Å². The fourth-order valence-corrected chi connectivity index (χ4v) is 4.48. The van der Waals surface area contributed by atoms with Gasteiger partial charge in [-0.15, -0.1) is 15.6 Å². The quantitative estimate of drug-likeness (QED) is 0.0547. The molecule has 18 heteroatoms. The van der Waals surface area contributed by atoms with Crippen LogP contribution in [0.25, 0.3) is 0 Å². The SMILES string of the molecule is CC1(C)[C@H](CC(=O)/C(=N\OCCOc2ccc(C(N)=NCCN)nc2)c2csc(N)n2)C(=O)N1OS(=O)(=O)O. The van der Waals surface area contributed by atoms with Crippen LogP contribution in [0.2, 0.25) is 0 Å². The molecule has 3 heterocycles. The van der Waals surface area contributed by atoms with E-state index in [4.69, 9.17) is 31.3 Å². The van der Waals surface area contributed by atoms with Gasteiger partial charge in [-0.05, 0) is 26.0 Å². The molecule has 0 saturated carbocycles. The molecule has 0 bridgehead atoms. The first-order chi connectivity index (χ1) is 18.3. The van der Waals surface area contributed by atoms with Crippen molar-refractivity contribution in [3.05, 3.63) is 35.1 Å². The van der Waals surface area contributed by atoms with Crippen molar-refractivity contribution in [2.24, 2.45) is 27.5 Å². The molecule has 0 aliphatic carbocycles. The van der Waals surface area contributed by atoms with Crippen molar-refractivity contribution in [2.45, 2.75) is 25.8 Å². The molecule has 3 rings (SSSR count). The minimum absolute atomic E-state index is 0.0535. The van der Waals surface area contributed by atoms with Gasteiger partial charge in [-0.25, -0.2) is 9.97 Å². The van der Waals surface area contributed by atoms with Gasteiger partial charge in [0.05, 0.1) is 24.2 Å². The molecule has 1 aliphatic rings. The summed E-state index contributed by atoms with van der Waals surface area (Å²) in [6.45, 7) is 3.71. The molecule has 0 radical (unpaired) electrons. The number of ketones is 1. The molecule has 1 saturated heterocycles. The highest BCUT2D eigenvalue weighted by atomic mass is 32.3. The first-order valence-corrected chi connectivity index (χ1v) is 13.6. The number of hydrogen-bond donors (Lipinski definition) is 4. The van der Waals surface area contributed by atoms with Crippen LogP contribution >= 0.6 is 11.3 Å². The molecule has 39 heavy (non-hydrogen) atoms. The molecule has 212 valence electrons. The summed E-state index contributed by atoms with van der Waals surface area (Å²) < 4.78 is 40.8. The van der Waals surface area contributed by atoms with Gasteiger partial charge >= 0.3 is 10.4 Å². The standard InChI is InChI=1S/C21H28N8O8S2/c1-21(2)13(19(31)29(21)37-39(32,33)34)9-16(30)17(15-11-38-20(24)27-15)28-36-8-7-35-12-3-4-14(26-10-12)18(23)25-6-5-22/h3-4,10-11,13H,5-9,22H2,1-2H3,(H2,23,25)(H2,24,27)(H,32,33,34)/b28-17-/t13-/m1/s1. The first-order valence-electron chi connectivity index (χ1n) is 11.4. The zero-order valence-electron chi connectivity index (χ0n) is 21.0. The summed E-state index contributed by atoms with van der Waals surface area (Å²) in [5.41, 5.74) is 16.1. The average Bonchev–Trinajstić information content (AvgIpc) is 3.31. The summed E-state index contributed by atoms with van der Waals surface area (Å²) in [5, 5.41) is 6.08. The molecule has 1 aliphatic heterocycles. The zero-order valence-corrected chi connectivity index (χ0v) is 22.6. The minimum atomic E-state index is -4.92. The van der Waals surface area contributed by atoms with E-state index >= 15 is 0 Å². The van der Waals surface area contributed by atoms with Crippen LogP contribution in [0.5, 0.6) is 5.75 Å². The second-order valence-corrected chi connectivity index (χ2v) is 10.5. The zero-order chi connectivity index (χ0) is 28.8. The number of Topliss-reactive ketones (excluding diaryl/α,β-unsaturated/α-hetero) is 1. The van der Waals surface area contributed by atoms with Gasteiger partial charge in [-0.2, -0.15) is 13.5 Å². The number of nitrogens with two attached hydrogens (primary N) is 3. The number of hydroxylamine groups is 2. The van der Waals surface area contributed by atoms with Gasteiger partial charge < -0.3 is 26.8 Å². The van der Waals surface area contributed by atoms with Gasteiger partial charge in [-0.3, -0.25) is 19.1 Å². The first kappa shape index (κ1) is 29.8. The lowest BCUT2D eigenvalue weighted by molar-refractivity contribution is -0.228. The summed E-state index contributed by atoms with van der Waals surface area (Å²) in [5.74, 6) is -1.67. The van der Waals surface area contributed by atoms with Crippen LogP contribution in [0.15, 0.2) is 33.9 Å². The predicted octanol–water partition coefficient (Wildman–Crippen LogP) is -0.485. The van der Waals surface area contributed by atoms with Gasteiger partial charge in [0.25, 0.3) is 5.91 Å². The number of carbonyl (C=O) groups is 2. The third-order valence-electron chi connectivity index (χ3n) is 5.47. The highest BCUT2D eigenvalue weighted by Crippen LogP contribution is 2.40. The van der Waals surface area contributed by atoms with Crippen LogP contribution in [0, 0.1) is 5.92 Å². The second-order valence-electron chi connectivity index (χ2n) is 8.60. The number of oxime groups is 1. The maximum Gasteiger partial charge on any atom is 0.418 e. The molecule has 1 amide bonds. The fraction of sp³-hybridized carbons (Fsp3) is 0.429. The number of anilines is 1. The lowest BCUT2D eigenvalue weighted by atomic mass is 9.74. The van der Waals surface area contributed by atoms with Crippen LogP contribution in [0.3, 0.4) is 0 Å². The Balaban J connectivity index is 1.61. The number of amides is 1. The Kier molecular flexibility index (Phi) is 9.51. The number of thiazole rings is 1. The molecule has 7 N–H and O–H groups in total. The van der Waals surface area contributed by atoms with Gasteiger partial charge in [0.1, 0.15) is 29.6 Å². The number of aromatic nitrogens is 2. The average molecular weight is 585 g/mol. The number of rotatable bonds is 14. The van der Waals surface area contributed by atoms with Crippen molar-refractivity contribution in [3.8, 4) is 5.75 Å². The lowest BCUT2D eigenvalue weighted by Crippen LogP contribution is -2.68. The number of nitrogen functional groups attached to an aromatic ring is 1. The Morgan fingerprint density at radius 3 is 2.59 bits per heavy atom. The molecule has 2 aromatic rings. The number of β-lactam (4-membered cyclic amide) rings is 1. The van der Waals surface area contributed by atoms with Gasteiger partial charge in [-0.1, -0.05) is 5.16 Å². The third kappa shape index (κ3) is 7.67. The Hall–Kier alpha value is -3.71. The smallest absolute Gasteiger partial charge is 0.418 e. The van der Waals surface area contributed by atoms with Crippen LogP contribution in [-0.2, 0) is 29.1 Å². The number of nitrogens with zero attached hydrogens (tertiary/aromatic N) is 5. The highest BCUT2D eigenvalue weighted by molar-refractivity contribution is 7.80. The summed E-state index contributed by atoms with van der Waals surface area (Å²) in [6.07, 6.45) is 1.10. The highest BCUT2D eigenvalue weighted by Gasteiger charge is 2.57. The molecule has 16 nitrogen and oxygen atoms in total. The van der Waals surface area contributed by atoms with E-state index in [1.165, 1.54) is 25.4 Å². The van der Waals surface area contributed by atoms with Gasteiger partial charge in [0.15, 0.2) is 23.2 Å². The summed E-state index contributed by atoms with van der Waals surface area (Å²) in [7, 11) is -4.92. The second kappa shape index (κ2) is 12.4. The molecular formula is C21H28N8O8S2. The number of ether oxygens (including phenoxy) is 1. The molecule has 0 aromatic carbocycles. The van der Waals surface area contributed by atoms with Gasteiger partial charge in [0.2, 0.25) is 0 Å². The summed E-state index contributed by atoms with van der Waals surface area (Å²) in [4.78, 5) is 43.1. The predicted molar refractivity (Wildman–Crippen MR) is 140 cm³/mol. The van der Waals surface area contributed by atoms with E-state index in [1.807, 2.05) is 0 Å². The Morgan fingerprint density at radius 1 is 1.28 bits per heavy atom. The van der Waals surface area contributed by atoms with Crippen molar-refractivity contribution < 1.29 is 36.4 Å². The summed E-state index contributed by atoms with van der Waals surface area (Å²) >= 11 is 1.08. The van der Waals surface area contributed by atoms with Crippen LogP contribution in [0.1, 0.15) is 31.7 Å². The fourth-order valence-electron chi connectivity index (χ4n) is 3.48.